The molecule has 0 saturated heterocycles. The Kier molecular flexibility index (Phi) is 7.33. The van der Waals surface area contributed by atoms with E-state index in [1.54, 1.807) is 0 Å². The van der Waals surface area contributed by atoms with Gasteiger partial charge in [0, 0.05) is 49.3 Å². The number of fused-ring (bicyclic) bond motifs is 14. The molecule has 5 nitrogen and oxygen atoms in total. The SMILES string of the molecule is c1ccc(-c2nc(-c3ccc4oc5ccc6cc(-n7c8cc9ccccc9cc8c8ccc9ccccc9c87)ccc6c5c4c3)nc(-c3cc4ccccc4c4ccccc34)n2)cc1. The molecule has 5 heteroatoms. The highest BCUT2D eigenvalue weighted by molar-refractivity contribution is 6.22. The van der Waals surface area contributed by atoms with Crippen molar-refractivity contribution < 1.29 is 4.42 Å². The number of furan rings is 1. The van der Waals surface area contributed by atoms with Crippen LogP contribution in [0.15, 0.2) is 211 Å². The van der Waals surface area contributed by atoms with Crippen LogP contribution in [0.3, 0.4) is 0 Å². The van der Waals surface area contributed by atoms with Crippen LogP contribution < -0.4 is 0 Å². The lowest BCUT2D eigenvalue weighted by Crippen LogP contribution is -2.00. The first-order valence-electron chi connectivity index (χ1n) is 21.7. The number of hydrogen-bond acceptors (Lipinski definition) is 4. The Labute approximate surface area is 366 Å². The van der Waals surface area contributed by atoms with Crippen LogP contribution in [-0.2, 0) is 0 Å². The highest BCUT2D eigenvalue weighted by Crippen LogP contribution is 2.42. The minimum absolute atomic E-state index is 0.603. The van der Waals surface area contributed by atoms with Gasteiger partial charge >= 0.3 is 0 Å². The molecule has 0 unspecified atom stereocenters. The molecule has 0 fully saturated rings. The first-order chi connectivity index (χ1) is 31.7. The van der Waals surface area contributed by atoms with Gasteiger partial charge in [0.1, 0.15) is 11.2 Å². The largest absolute Gasteiger partial charge is 0.456 e. The summed E-state index contributed by atoms with van der Waals surface area (Å²) in [5.74, 6) is 1.86. The maximum atomic E-state index is 6.58. The maximum Gasteiger partial charge on any atom is 0.164 e. The molecule has 3 aromatic heterocycles. The third-order valence-electron chi connectivity index (χ3n) is 13.1. The van der Waals surface area contributed by atoms with E-state index >= 15 is 0 Å². The van der Waals surface area contributed by atoms with Crippen molar-refractivity contribution in [3.63, 3.8) is 0 Å². The second kappa shape index (κ2) is 13.4. The number of hydrogen-bond donors (Lipinski definition) is 0. The van der Waals surface area contributed by atoms with E-state index in [0.717, 1.165) is 65.9 Å². The van der Waals surface area contributed by atoms with Gasteiger partial charge in [-0.3, -0.25) is 0 Å². The Hall–Kier alpha value is -8.67. The van der Waals surface area contributed by atoms with Gasteiger partial charge in [0.2, 0.25) is 0 Å². The zero-order chi connectivity index (χ0) is 41.9. The molecule has 0 bridgehead atoms. The summed E-state index contributed by atoms with van der Waals surface area (Å²) in [4.78, 5) is 15.6. The van der Waals surface area contributed by atoms with Crippen molar-refractivity contribution in [3.05, 3.63) is 206 Å². The van der Waals surface area contributed by atoms with Gasteiger partial charge in [0.15, 0.2) is 17.5 Å². The molecule has 0 amide bonds. The van der Waals surface area contributed by atoms with Crippen molar-refractivity contribution >= 4 is 97.6 Å². The van der Waals surface area contributed by atoms with Gasteiger partial charge in [0.25, 0.3) is 0 Å². The Balaban J connectivity index is 0.974. The summed E-state index contributed by atoms with van der Waals surface area (Å²) >= 11 is 0. The smallest absolute Gasteiger partial charge is 0.164 e. The average molecular weight is 815 g/mol. The monoisotopic (exact) mass is 814 g/mol. The summed E-state index contributed by atoms with van der Waals surface area (Å²) in [6.45, 7) is 0. The first kappa shape index (κ1) is 35.0. The van der Waals surface area contributed by atoms with E-state index in [4.69, 9.17) is 19.4 Å². The molecule has 3 heterocycles. The van der Waals surface area contributed by atoms with E-state index in [2.05, 4.69) is 193 Å². The molecule has 296 valence electrons. The molecular weight excluding hydrogens is 781 g/mol. The van der Waals surface area contributed by atoms with Gasteiger partial charge < -0.3 is 8.98 Å². The highest BCUT2D eigenvalue weighted by atomic mass is 16.3. The fourth-order valence-electron chi connectivity index (χ4n) is 10.2. The maximum absolute atomic E-state index is 6.58. The molecule has 0 aliphatic heterocycles. The van der Waals surface area contributed by atoms with Crippen molar-refractivity contribution in [1.29, 1.82) is 0 Å². The summed E-state index contributed by atoms with van der Waals surface area (Å²) in [6.07, 6.45) is 0. The summed E-state index contributed by atoms with van der Waals surface area (Å²) in [7, 11) is 0. The van der Waals surface area contributed by atoms with E-state index in [1.165, 1.54) is 54.1 Å². The molecular formula is C59H34N4O. The fraction of sp³-hybridized carbons (Fsp3) is 0. The molecule has 0 saturated carbocycles. The minimum atomic E-state index is 0.603. The van der Waals surface area contributed by atoms with Crippen molar-refractivity contribution in [2.45, 2.75) is 0 Å². The summed E-state index contributed by atoms with van der Waals surface area (Å²) in [5.41, 5.74) is 7.95. The molecule has 0 aliphatic carbocycles. The third kappa shape index (κ3) is 5.22. The van der Waals surface area contributed by atoms with Crippen LogP contribution in [-0.4, -0.2) is 19.5 Å². The molecule has 0 N–H and O–H groups in total. The molecule has 14 aromatic rings. The zero-order valence-corrected chi connectivity index (χ0v) is 34.3. The lowest BCUT2D eigenvalue weighted by molar-refractivity contribution is 0.669. The first-order valence-corrected chi connectivity index (χ1v) is 21.7. The fourth-order valence-corrected chi connectivity index (χ4v) is 10.2. The van der Waals surface area contributed by atoms with Gasteiger partial charge in [-0.25, -0.2) is 15.0 Å². The van der Waals surface area contributed by atoms with Gasteiger partial charge in [-0.15, -0.1) is 0 Å². The number of benzene rings is 11. The Morgan fingerprint density at radius 3 is 1.80 bits per heavy atom. The van der Waals surface area contributed by atoms with Crippen LogP contribution in [0.4, 0.5) is 0 Å². The summed E-state index contributed by atoms with van der Waals surface area (Å²) < 4.78 is 9.03. The number of nitrogens with zero attached hydrogens (tertiary/aromatic N) is 4. The third-order valence-corrected chi connectivity index (χ3v) is 13.1. The van der Waals surface area contributed by atoms with E-state index < -0.39 is 0 Å². The van der Waals surface area contributed by atoms with Gasteiger partial charge in [-0.05, 0) is 103 Å². The summed E-state index contributed by atoms with van der Waals surface area (Å²) in [6, 6.07) is 73.4. The topological polar surface area (TPSA) is 56.7 Å². The van der Waals surface area contributed by atoms with Crippen LogP contribution in [0.2, 0.25) is 0 Å². The second-order valence-corrected chi connectivity index (χ2v) is 16.8. The van der Waals surface area contributed by atoms with Crippen molar-refractivity contribution in [2.75, 3.05) is 0 Å². The molecule has 0 atom stereocenters. The second-order valence-electron chi connectivity index (χ2n) is 16.8. The molecule has 0 spiro atoms. The summed E-state index contributed by atoms with van der Waals surface area (Å²) in [5, 5.41) is 16.3. The van der Waals surface area contributed by atoms with Crippen molar-refractivity contribution in [1.82, 2.24) is 19.5 Å². The quantitative estimate of drug-likeness (QED) is 0.166. The van der Waals surface area contributed by atoms with Crippen LogP contribution in [0, 0.1) is 0 Å². The van der Waals surface area contributed by atoms with Crippen LogP contribution in [0.1, 0.15) is 0 Å². The normalized spacial score (nSPS) is 12.1. The van der Waals surface area contributed by atoms with Crippen LogP contribution in [0.25, 0.3) is 137 Å². The number of aromatic nitrogens is 4. The van der Waals surface area contributed by atoms with Crippen LogP contribution >= 0.6 is 0 Å². The Morgan fingerprint density at radius 1 is 0.328 bits per heavy atom. The minimum Gasteiger partial charge on any atom is -0.456 e. The highest BCUT2D eigenvalue weighted by Gasteiger charge is 2.20. The van der Waals surface area contributed by atoms with Crippen molar-refractivity contribution in [3.8, 4) is 39.9 Å². The molecule has 64 heavy (non-hydrogen) atoms. The van der Waals surface area contributed by atoms with Gasteiger partial charge in [-0.2, -0.15) is 0 Å². The lowest BCUT2D eigenvalue weighted by atomic mass is 9.97. The average Bonchev–Trinajstić information content (AvgIpc) is 3.90. The zero-order valence-electron chi connectivity index (χ0n) is 34.3. The predicted molar refractivity (Wildman–Crippen MR) is 265 cm³/mol. The lowest BCUT2D eigenvalue weighted by Gasteiger charge is -2.12. The van der Waals surface area contributed by atoms with Crippen molar-refractivity contribution in [2.24, 2.45) is 0 Å². The van der Waals surface area contributed by atoms with E-state index in [1.807, 2.05) is 18.2 Å². The molecule has 0 radical (unpaired) electrons. The van der Waals surface area contributed by atoms with Crippen LogP contribution in [0.5, 0.6) is 0 Å². The molecule has 0 aliphatic rings. The van der Waals surface area contributed by atoms with E-state index in [9.17, 15) is 0 Å². The van der Waals surface area contributed by atoms with Gasteiger partial charge in [-0.1, -0.05) is 152 Å². The Morgan fingerprint density at radius 2 is 0.953 bits per heavy atom. The van der Waals surface area contributed by atoms with E-state index in [-0.39, 0.29) is 0 Å². The van der Waals surface area contributed by atoms with Gasteiger partial charge in [0.05, 0.1) is 11.0 Å². The Bertz CT molecular complexity index is 4260. The molecule has 14 rings (SSSR count). The number of rotatable bonds is 4. The van der Waals surface area contributed by atoms with E-state index in [0.29, 0.717) is 17.5 Å². The predicted octanol–water partition coefficient (Wildman–Crippen LogP) is 15.6. The molecule has 11 aromatic carbocycles. The standard InChI is InChI=1S/C59H34N4O/c1-2-13-36(14-3-1)57-60-58(62-59(61-57)50-32-39-17-7-8-18-43(39)46-20-10-11-21-47(46)50)41-24-28-53-51(33-41)55-44-27-25-42(30-40(44)23-29-54(55)64-53)63-52-34-38-16-5-4-15-37(38)31-49(52)48-26-22-35-12-6-9-19-45(35)56(48)63/h1-34H.